The number of aryl methyl sites for hydroxylation is 1. The van der Waals surface area contributed by atoms with E-state index in [1.54, 1.807) is 0 Å². The summed E-state index contributed by atoms with van der Waals surface area (Å²) in [7, 11) is 0. The predicted octanol–water partition coefficient (Wildman–Crippen LogP) is 4.55. The summed E-state index contributed by atoms with van der Waals surface area (Å²) in [4.78, 5) is 0. The van der Waals surface area contributed by atoms with Crippen molar-refractivity contribution < 1.29 is 4.39 Å². The van der Waals surface area contributed by atoms with Crippen LogP contribution in [-0.2, 0) is 6.42 Å². The molecule has 1 aromatic carbocycles. The summed E-state index contributed by atoms with van der Waals surface area (Å²) in [5.74, 6) is -0.192. The van der Waals surface area contributed by atoms with Crippen LogP contribution < -0.4 is 5.32 Å². The van der Waals surface area contributed by atoms with Crippen molar-refractivity contribution >= 4 is 15.9 Å². The van der Waals surface area contributed by atoms with Crippen molar-refractivity contribution in [2.24, 2.45) is 5.41 Å². The summed E-state index contributed by atoms with van der Waals surface area (Å²) >= 11 is 3.23. The van der Waals surface area contributed by atoms with Gasteiger partial charge in [0.2, 0.25) is 0 Å². The third-order valence-corrected chi connectivity index (χ3v) is 3.71. The van der Waals surface area contributed by atoms with E-state index in [1.165, 1.54) is 18.1 Å². The Morgan fingerprint density at radius 1 is 1.33 bits per heavy atom. The van der Waals surface area contributed by atoms with Crippen LogP contribution >= 0.6 is 15.9 Å². The van der Waals surface area contributed by atoms with Crippen molar-refractivity contribution in [1.29, 1.82) is 0 Å². The summed E-state index contributed by atoms with van der Waals surface area (Å²) in [6.45, 7) is 8.83. The molecular formula is C15H23BrFN. The van der Waals surface area contributed by atoms with Gasteiger partial charge in [0.05, 0.1) is 4.47 Å². The second-order valence-corrected chi connectivity index (χ2v) is 6.44. The van der Waals surface area contributed by atoms with Crippen LogP contribution in [0, 0.1) is 11.2 Å². The molecule has 1 nitrogen and oxygen atoms in total. The van der Waals surface area contributed by atoms with Gasteiger partial charge in [-0.3, -0.25) is 0 Å². The lowest BCUT2D eigenvalue weighted by molar-refractivity contribution is 0.315. The Morgan fingerprint density at radius 3 is 2.67 bits per heavy atom. The smallest absolute Gasteiger partial charge is 0.137 e. The fourth-order valence-corrected chi connectivity index (χ4v) is 2.30. The molecule has 1 aromatic rings. The first kappa shape index (κ1) is 15.6. The lowest BCUT2D eigenvalue weighted by Crippen LogP contribution is -2.30. The maximum Gasteiger partial charge on any atom is 0.137 e. The van der Waals surface area contributed by atoms with Gasteiger partial charge in [-0.15, -0.1) is 0 Å². The molecule has 0 saturated heterocycles. The molecule has 1 N–H and O–H groups in total. The van der Waals surface area contributed by atoms with Crippen LogP contribution in [0.4, 0.5) is 4.39 Å². The molecule has 0 aliphatic rings. The zero-order chi connectivity index (χ0) is 13.6. The molecule has 0 heterocycles. The van der Waals surface area contributed by atoms with Gasteiger partial charge in [-0.05, 0) is 64.8 Å². The van der Waals surface area contributed by atoms with Crippen LogP contribution in [0.5, 0.6) is 0 Å². The van der Waals surface area contributed by atoms with Crippen LogP contribution in [0.15, 0.2) is 22.7 Å². The standard InChI is InChI=1S/C15H23BrFN/c1-4-9-18-11-15(2,3)8-7-12-5-6-14(17)13(16)10-12/h5-6,10,18H,4,7-9,11H2,1-3H3. The van der Waals surface area contributed by atoms with Crippen molar-refractivity contribution in [2.75, 3.05) is 13.1 Å². The average molecular weight is 316 g/mol. The third-order valence-electron chi connectivity index (χ3n) is 3.10. The first-order valence-corrected chi connectivity index (χ1v) is 7.38. The van der Waals surface area contributed by atoms with Crippen molar-refractivity contribution in [3.63, 3.8) is 0 Å². The molecule has 102 valence electrons. The molecule has 0 aromatic heterocycles. The van der Waals surface area contributed by atoms with E-state index in [-0.39, 0.29) is 11.2 Å². The Hall–Kier alpha value is -0.410. The Morgan fingerprint density at radius 2 is 2.06 bits per heavy atom. The zero-order valence-corrected chi connectivity index (χ0v) is 13.1. The van der Waals surface area contributed by atoms with Gasteiger partial charge in [0.1, 0.15) is 5.82 Å². The van der Waals surface area contributed by atoms with Crippen molar-refractivity contribution in [1.82, 2.24) is 5.32 Å². The van der Waals surface area contributed by atoms with E-state index in [1.807, 2.05) is 12.1 Å². The van der Waals surface area contributed by atoms with Gasteiger partial charge in [0.25, 0.3) is 0 Å². The molecule has 0 unspecified atom stereocenters. The molecule has 1 rings (SSSR count). The third kappa shape index (κ3) is 5.49. The van der Waals surface area contributed by atoms with E-state index in [4.69, 9.17) is 0 Å². The second-order valence-electron chi connectivity index (χ2n) is 5.59. The SMILES string of the molecule is CCCNCC(C)(C)CCc1ccc(F)c(Br)c1. The molecule has 0 amide bonds. The summed E-state index contributed by atoms with van der Waals surface area (Å²) in [5.41, 5.74) is 1.46. The van der Waals surface area contributed by atoms with Crippen LogP contribution in [0.25, 0.3) is 0 Å². The summed E-state index contributed by atoms with van der Waals surface area (Å²) in [5, 5.41) is 3.46. The molecular weight excluding hydrogens is 293 g/mol. The Kier molecular flexibility index (Phi) is 6.30. The highest BCUT2D eigenvalue weighted by atomic mass is 79.9. The van der Waals surface area contributed by atoms with E-state index in [0.29, 0.717) is 4.47 Å². The minimum Gasteiger partial charge on any atom is -0.316 e. The van der Waals surface area contributed by atoms with E-state index in [2.05, 4.69) is 42.0 Å². The summed E-state index contributed by atoms with van der Waals surface area (Å²) in [6, 6.07) is 5.28. The fourth-order valence-electron chi connectivity index (χ4n) is 1.87. The molecule has 0 radical (unpaired) electrons. The number of halogens is 2. The number of hydrogen-bond acceptors (Lipinski definition) is 1. The first-order chi connectivity index (χ1) is 8.44. The van der Waals surface area contributed by atoms with Crippen LogP contribution in [0.3, 0.4) is 0 Å². The maximum absolute atomic E-state index is 13.1. The molecule has 0 saturated carbocycles. The second kappa shape index (κ2) is 7.25. The normalized spacial score (nSPS) is 11.8. The van der Waals surface area contributed by atoms with Crippen molar-refractivity contribution in [3.8, 4) is 0 Å². The molecule has 0 fully saturated rings. The van der Waals surface area contributed by atoms with Crippen LogP contribution in [0.1, 0.15) is 39.2 Å². The maximum atomic E-state index is 13.1. The Bertz CT molecular complexity index is 377. The van der Waals surface area contributed by atoms with Gasteiger partial charge < -0.3 is 5.32 Å². The lowest BCUT2D eigenvalue weighted by atomic mass is 9.86. The number of hydrogen-bond donors (Lipinski definition) is 1. The van der Waals surface area contributed by atoms with Crippen molar-refractivity contribution in [3.05, 3.63) is 34.1 Å². The van der Waals surface area contributed by atoms with Gasteiger partial charge in [-0.2, -0.15) is 0 Å². The average Bonchev–Trinajstić information content (AvgIpc) is 2.31. The zero-order valence-electron chi connectivity index (χ0n) is 11.5. The van der Waals surface area contributed by atoms with Crippen molar-refractivity contribution in [2.45, 2.75) is 40.0 Å². The van der Waals surface area contributed by atoms with Crippen LogP contribution in [-0.4, -0.2) is 13.1 Å². The minimum atomic E-state index is -0.192. The number of rotatable bonds is 7. The monoisotopic (exact) mass is 315 g/mol. The highest BCUT2D eigenvalue weighted by Gasteiger charge is 2.17. The molecule has 0 aliphatic carbocycles. The van der Waals surface area contributed by atoms with E-state index in [0.717, 1.165) is 25.9 Å². The highest BCUT2D eigenvalue weighted by molar-refractivity contribution is 9.10. The molecule has 0 bridgehead atoms. The predicted molar refractivity (Wildman–Crippen MR) is 79.4 cm³/mol. The largest absolute Gasteiger partial charge is 0.316 e. The van der Waals surface area contributed by atoms with Gasteiger partial charge >= 0.3 is 0 Å². The number of nitrogens with one attached hydrogen (secondary N) is 1. The van der Waals surface area contributed by atoms with Gasteiger partial charge in [0, 0.05) is 6.54 Å². The molecule has 3 heteroatoms. The van der Waals surface area contributed by atoms with E-state index < -0.39 is 0 Å². The Labute approximate surface area is 118 Å². The topological polar surface area (TPSA) is 12.0 Å². The molecule has 0 aliphatic heterocycles. The number of benzene rings is 1. The van der Waals surface area contributed by atoms with E-state index in [9.17, 15) is 4.39 Å². The van der Waals surface area contributed by atoms with Crippen LogP contribution in [0.2, 0.25) is 0 Å². The molecule has 18 heavy (non-hydrogen) atoms. The minimum absolute atomic E-state index is 0.192. The van der Waals surface area contributed by atoms with Gasteiger partial charge in [-0.25, -0.2) is 4.39 Å². The quantitative estimate of drug-likeness (QED) is 0.728. The van der Waals surface area contributed by atoms with Gasteiger partial charge in [-0.1, -0.05) is 26.8 Å². The molecule has 0 spiro atoms. The summed E-state index contributed by atoms with van der Waals surface area (Å²) in [6.07, 6.45) is 3.25. The first-order valence-electron chi connectivity index (χ1n) is 6.59. The van der Waals surface area contributed by atoms with Gasteiger partial charge in [0.15, 0.2) is 0 Å². The Balaban J connectivity index is 2.45. The lowest BCUT2D eigenvalue weighted by Gasteiger charge is -2.25. The fraction of sp³-hybridized carbons (Fsp3) is 0.600. The summed E-state index contributed by atoms with van der Waals surface area (Å²) < 4.78 is 13.7. The van der Waals surface area contributed by atoms with E-state index >= 15 is 0 Å². The molecule has 0 atom stereocenters. The highest BCUT2D eigenvalue weighted by Crippen LogP contribution is 2.24.